The molecule has 0 saturated carbocycles. The number of benzene rings is 1. The van der Waals surface area contributed by atoms with Gasteiger partial charge in [-0.1, -0.05) is 44.2 Å². The molecular formula is C19H23N3O2. The molecule has 0 aliphatic rings. The second kappa shape index (κ2) is 8.82. The topological polar surface area (TPSA) is 71.1 Å². The van der Waals surface area contributed by atoms with Gasteiger partial charge in [0, 0.05) is 31.4 Å². The summed E-state index contributed by atoms with van der Waals surface area (Å²) in [6.45, 7) is 4.98. The molecule has 0 aliphatic heterocycles. The average molecular weight is 325 g/mol. The molecule has 0 spiro atoms. The second-order valence-corrected chi connectivity index (χ2v) is 5.91. The van der Waals surface area contributed by atoms with Gasteiger partial charge >= 0.3 is 11.8 Å². The van der Waals surface area contributed by atoms with Gasteiger partial charge in [0.05, 0.1) is 0 Å². The van der Waals surface area contributed by atoms with E-state index in [2.05, 4.69) is 29.5 Å². The highest BCUT2D eigenvalue weighted by Gasteiger charge is 2.12. The molecule has 2 amide bonds. The summed E-state index contributed by atoms with van der Waals surface area (Å²) in [7, 11) is 0. The highest BCUT2D eigenvalue weighted by Crippen LogP contribution is 2.14. The Morgan fingerprint density at radius 2 is 1.71 bits per heavy atom. The van der Waals surface area contributed by atoms with Crippen molar-refractivity contribution < 1.29 is 9.59 Å². The number of rotatable bonds is 6. The summed E-state index contributed by atoms with van der Waals surface area (Å²) < 4.78 is 0. The third-order valence-electron chi connectivity index (χ3n) is 3.70. The lowest BCUT2D eigenvalue weighted by atomic mass is 10.0. The Kier molecular flexibility index (Phi) is 6.49. The molecular weight excluding hydrogens is 302 g/mol. The number of carbonyl (C=O) groups excluding carboxylic acids is 2. The standard InChI is InChI=1S/C19H23N3O2/c1-14(2)16-8-6-15(7-9-16)13-22-19(24)18(23)21-12-10-17-5-3-4-11-20-17/h3-9,11,14H,10,12-13H2,1-2H3,(H,21,23)(H,22,24). The van der Waals surface area contributed by atoms with E-state index in [9.17, 15) is 9.59 Å². The van der Waals surface area contributed by atoms with E-state index in [4.69, 9.17) is 0 Å². The predicted octanol–water partition coefficient (Wildman–Crippen LogP) is 2.18. The molecule has 1 heterocycles. The number of pyridine rings is 1. The molecule has 0 atom stereocenters. The highest BCUT2D eigenvalue weighted by molar-refractivity contribution is 6.35. The van der Waals surface area contributed by atoms with E-state index < -0.39 is 11.8 Å². The lowest BCUT2D eigenvalue weighted by Gasteiger charge is -2.08. The molecule has 1 aromatic heterocycles. The van der Waals surface area contributed by atoms with Crippen LogP contribution in [0.2, 0.25) is 0 Å². The van der Waals surface area contributed by atoms with Crippen LogP contribution in [-0.4, -0.2) is 23.3 Å². The van der Waals surface area contributed by atoms with Gasteiger partial charge in [-0.3, -0.25) is 14.6 Å². The molecule has 2 aromatic rings. The van der Waals surface area contributed by atoms with Crippen LogP contribution in [0.15, 0.2) is 48.7 Å². The molecule has 0 saturated heterocycles. The van der Waals surface area contributed by atoms with Gasteiger partial charge in [-0.25, -0.2) is 0 Å². The Labute approximate surface area is 142 Å². The number of hydrogen-bond donors (Lipinski definition) is 2. The smallest absolute Gasteiger partial charge is 0.309 e. The van der Waals surface area contributed by atoms with Crippen LogP contribution in [0.1, 0.15) is 36.6 Å². The van der Waals surface area contributed by atoms with Crippen LogP contribution in [0, 0.1) is 0 Å². The van der Waals surface area contributed by atoms with Crippen molar-refractivity contribution in [3.63, 3.8) is 0 Å². The molecule has 2 rings (SSSR count). The normalized spacial score (nSPS) is 10.5. The SMILES string of the molecule is CC(C)c1ccc(CNC(=O)C(=O)NCCc2ccccn2)cc1. The molecule has 5 nitrogen and oxygen atoms in total. The number of carbonyl (C=O) groups is 2. The highest BCUT2D eigenvalue weighted by atomic mass is 16.2. The summed E-state index contributed by atoms with van der Waals surface area (Å²) in [4.78, 5) is 27.7. The molecule has 0 radical (unpaired) electrons. The molecule has 0 bridgehead atoms. The first-order chi connectivity index (χ1) is 11.6. The van der Waals surface area contributed by atoms with E-state index in [0.29, 0.717) is 25.4 Å². The Balaban J connectivity index is 1.72. The van der Waals surface area contributed by atoms with E-state index in [1.807, 2.05) is 42.5 Å². The van der Waals surface area contributed by atoms with Crippen LogP contribution in [0.25, 0.3) is 0 Å². The van der Waals surface area contributed by atoms with Crippen LogP contribution >= 0.6 is 0 Å². The fraction of sp³-hybridized carbons (Fsp3) is 0.316. The van der Waals surface area contributed by atoms with Crippen molar-refractivity contribution in [1.29, 1.82) is 0 Å². The van der Waals surface area contributed by atoms with Gasteiger partial charge in [-0.2, -0.15) is 0 Å². The van der Waals surface area contributed by atoms with Gasteiger partial charge < -0.3 is 10.6 Å². The summed E-state index contributed by atoms with van der Waals surface area (Å²) in [6.07, 6.45) is 2.30. The predicted molar refractivity (Wildman–Crippen MR) is 93.3 cm³/mol. The zero-order valence-electron chi connectivity index (χ0n) is 14.1. The molecule has 5 heteroatoms. The largest absolute Gasteiger partial charge is 0.347 e. The molecule has 0 unspecified atom stereocenters. The van der Waals surface area contributed by atoms with E-state index in [0.717, 1.165) is 11.3 Å². The van der Waals surface area contributed by atoms with Crippen molar-refractivity contribution >= 4 is 11.8 Å². The van der Waals surface area contributed by atoms with Gasteiger partial charge in [-0.15, -0.1) is 0 Å². The maximum atomic E-state index is 11.8. The lowest BCUT2D eigenvalue weighted by molar-refractivity contribution is -0.139. The first-order valence-corrected chi connectivity index (χ1v) is 8.11. The molecule has 1 aromatic carbocycles. The Morgan fingerprint density at radius 3 is 2.33 bits per heavy atom. The maximum absolute atomic E-state index is 11.8. The van der Waals surface area contributed by atoms with Crippen molar-refractivity contribution in [2.45, 2.75) is 32.7 Å². The van der Waals surface area contributed by atoms with E-state index >= 15 is 0 Å². The van der Waals surface area contributed by atoms with Gasteiger partial charge in [-0.05, 0) is 29.2 Å². The first kappa shape index (κ1) is 17.7. The minimum atomic E-state index is -0.621. The molecule has 126 valence electrons. The minimum absolute atomic E-state index is 0.338. The fourth-order valence-corrected chi connectivity index (χ4v) is 2.21. The minimum Gasteiger partial charge on any atom is -0.347 e. The summed E-state index contributed by atoms with van der Waals surface area (Å²) >= 11 is 0. The number of nitrogens with zero attached hydrogens (tertiary/aromatic N) is 1. The summed E-state index contributed by atoms with van der Waals surface area (Å²) in [6, 6.07) is 13.6. The van der Waals surface area contributed by atoms with E-state index in [1.165, 1.54) is 5.56 Å². The first-order valence-electron chi connectivity index (χ1n) is 8.11. The van der Waals surface area contributed by atoms with Crippen molar-refractivity contribution in [1.82, 2.24) is 15.6 Å². The Hall–Kier alpha value is -2.69. The molecule has 2 N–H and O–H groups in total. The van der Waals surface area contributed by atoms with Crippen LogP contribution in [0.4, 0.5) is 0 Å². The van der Waals surface area contributed by atoms with Crippen LogP contribution < -0.4 is 10.6 Å². The quantitative estimate of drug-likeness (QED) is 0.800. The van der Waals surface area contributed by atoms with Crippen LogP contribution in [0.3, 0.4) is 0 Å². The zero-order valence-corrected chi connectivity index (χ0v) is 14.1. The van der Waals surface area contributed by atoms with Crippen molar-refractivity contribution in [2.24, 2.45) is 0 Å². The number of hydrogen-bond acceptors (Lipinski definition) is 3. The van der Waals surface area contributed by atoms with Gasteiger partial charge in [0.25, 0.3) is 0 Å². The van der Waals surface area contributed by atoms with Crippen LogP contribution in [-0.2, 0) is 22.6 Å². The molecule has 24 heavy (non-hydrogen) atoms. The lowest BCUT2D eigenvalue weighted by Crippen LogP contribution is -2.40. The third-order valence-corrected chi connectivity index (χ3v) is 3.70. The van der Waals surface area contributed by atoms with Crippen molar-refractivity contribution in [3.8, 4) is 0 Å². The average Bonchev–Trinajstić information content (AvgIpc) is 2.60. The van der Waals surface area contributed by atoms with Crippen LogP contribution in [0.5, 0.6) is 0 Å². The number of amides is 2. The van der Waals surface area contributed by atoms with Crippen molar-refractivity contribution in [3.05, 3.63) is 65.5 Å². The summed E-state index contributed by atoms with van der Waals surface area (Å²) in [5.41, 5.74) is 3.09. The van der Waals surface area contributed by atoms with E-state index in [-0.39, 0.29) is 0 Å². The Bertz CT molecular complexity index is 667. The zero-order chi connectivity index (χ0) is 17.4. The second-order valence-electron chi connectivity index (χ2n) is 5.91. The fourth-order valence-electron chi connectivity index (χ4n) is 2.21. The molecule has 0 aliphatic carbocycles. The Morgan fingerprint density at radius 1 is 1.00 bits per heavy atom. The summed E-state index contributed by atoms with van der Waals surface area (Å²) in [5, 5.41) is 5.23. The van der Waals surface area contributed by atoms with Gasteiger partial charge in [0.2, 0.25) is 0 Å². The monoisotopic (exact) mass is 325 g/mol. The third kappa shape index (κ3) is 5.50. The molecule has 0 fully saturated rings. The van der Waals surface area contributed by atoms with Gasteiger partial charge in [0.15, 0.2) is 0 Å². The van der Waals surface area contributed by atoms with Gasteiger partial charge in [0.1, 0.15) is 0 Å². The number of nitrogens with one attached hydrogen (secondary N) is 2. The maximum Gasteiger partial charge on any atom is 0.309 e. The summed E-state index contributed by atoms with van der Waals surface area (Å²) in [5.74, 6) is -0.771. The number of aromatic nitrogens is 1. The van der Waals surface area contributed by atoms with E-state index in [1.54, 1.807) is 6.20 Å². The van der Waals surface area contributed by atoms with Crippen molar-refractivity contribution in [2.75, 3.05) is 6.54 Å².